The number of benzene rings is 1. The quantitative estimate of drug-likeness (QED) is 0.864. The van der Waals surface area contributed by atoms with Crippen LogP contribution in [0.1, 0.15) is 43.2 Å². The molecule has 0 aliphatic carbocycles. The number of likely N-dealkylation sites (tertiary alicyclic amines) is 1. The highest BCUT2D eigenvalue weighted by atomic mass is 16.4. The smallest absolute Gasteiger partial charge is 0.310 e. The molecule has 5 nitrogen and oxygen atoms in total. The van der Waals surface area contributed by atoms with Gasteiger partial charge in [-0.25, -0.2) is 0 Å². The van der Waals surface area contributed by atoms with E-state index in [4.69, 9.17) is 10.8 Å². The van der Waals surface area contributed by atoms with E-state index in [-0.39, 0.29) is 11.9 Å². The van der Waals surface area contributed by atoms with Gasteiger partial charge in [-0.1, -0.05) is 30.7 Å². The number of amides is 1. The predicted molar refractivity (Wildman–Crippen MR) is 79.7 cm³/mol. The molecule has 1 aromatic carbocycles. The molecule has 1 fully saturated rings. The van der Waals surface area contributed by atoms with Gasteiger partial charge in [-0.2, -0.15) is 0 Å². The first-order chi connectivity index (χ1) is 9.99. The van der Waals surface area contributed by atoms with Crippen LogP contribution >= 0.6 is 0 Å². The van der Waals surface area contributed by atoms with Crippen molar-refractivity contribution in [2.75, 3.05) is 6.54 Å². The molecule has 2 unspecified atom stereocenters. The van der Waals surface area contributed by atoms with Crippen LogP contribution in [0.3, 0.4) is 0 Å². The number of carboxylic acid groups (broad SMARTS) is 1. The van der Waals surface area contributed by atoms with Crippen molar-refractivity contribution in [1.82, 2.24) is 4.90 Å². The summed E-state index contributed by atoms with van der Waals surface area (Å²) in [6, 6.07) is 7.37. The number of piperidine rings is 1. The van der Waals surface area contributed by atoms with Gasteiger partial charge in [-0.15, -0.1) is 0 Å². The lowest BCUT2D eigenvalue weighted by molar-refractivity contribution is -0.138. The van der Waals surface area contributed by atoms with Gasteiger partial charge < -0.3 is 10.8 Å². The zero-order valence-corrected chi connectivity index (χ0v) is 12.3. The second kappa shape index (κ2) is 6.72. The van der Waals surface area contributed by atoms with Crippen LogP contribution in [0.5, 0.6) is 0 Å². The summed E-state index contributed by atoms with van der Waals surface area (Å²) in [6.07, 6.45) is 2.94. The van der Waals surface area contributed by atoms with E-state index in [9.17, 15) is 9.59 Å². The molecule has 21 heavy (non-hydrogen) atoms. The van der Waals surface area contributed by atoms with E-state index in [1.807, 2.05) is 24.3 Å². The van der Waals surface area contributed by atoms with Crippen LogP contribution in [0.2, 0.25) is 0 Å². The molecule has 0 saturated carbocycles. The number of nitrogens with two attached hydrogens (primary N) is 1. The maximum absolute atomic E-state index is 11.5. The summed E-state index contributed by atoms with van der Waals surface area (Å²) in [7, 11) is 0. The average molecular weight is 290 g/mol. The summed E-state index contributed by atoms with van der Waals surface area (Å²) in [6.45, 7) is 3.22. The van der Waals surface area contributed by atoms with Crippen molar-refractivity contribution in [3.63, 3.8) is 0 Å². The first-order valence-corrected chi connectivity index (χ1v) is 7.34. The molecular formula is C16H22N2O3. The summed E-state index contributed by atoms with van der Waals surface area (Å²) < 4.78 is 0. The van der Waals surface area contributed by atoms with Crippen LogP contribution in [0.15, 0.2) is 24.3 Å². The van der Waals surface area contributed by atoms with E-state index < -0.39 is 11.9 Å². The van der Waals surface area contributed by atoms with Gasteiger partial charge in [-0.05, 0) is 37.4 Å². The summed E-state index contributed by atoms with van der Waals surface area (Å²) >= 11 is 0. The number of carbonyl (C=O) groups excluding carboxylic acids is 1. The molecular weight excluding hydrogens is 268 g/mol. The van der Waals surface area contributed by atoms with Crippen molar-refractivity contribution in [1.29, 1.82) is 0 Å². The van der Waals surface area contributed by atoms with Gasteiger partial charge in [0.1, 0.15) is 0 Å². The summed E-state index contributed by atoms with van der Waals surface area (Å²) in [5.41, 5.74) is 7.32. The summed E-state index contributed by atoms with van der Waals surface area (Å²) in [4.78, 5) is 24.6. The molecule has 0 aromatic heterocycles. The van der Waals surface area contributed by atoms with Crippen LogP contribution in [0, 0.1) is 0 Å². The van der Waals surface area contributed by atoms with Gasteiger partial charge in [0.15, 0.2) is 0 Å². The Hall–Kier alpha value is -1.88. The standard InChI is InChI=1S/C16H22N2O3/c1-11(16(20)21)13-7-5-12(6-8-13)10-18-9-3-2-4-14(18)15(17)19/h5-8,11,14H,2-4,9-10H2,1H3,(H2,17,19)(H,20,21). The number of aliphatic carboxylic acids is 1. The molecule has 2 atom stereocenters. The van der Waals surface area contributed by atoms with Gasteiger partial charge in [0, 0.05) is 6.54 Å². The Balaban J connectivity index is 2.05. The number of hydrogen-bond acceptors (Lipinski definition) is 3. The van der Waals surface area contributed by atoms with E-state index in [2.05, 4.69) is 4.90 Å². The topological polar surface area (TPSA) is 83.6 Å². The third-order valence-corrected chi connectivity index (χ3v) is 4.18. The number of hydrogen-bond donors (Lipinski definition) is 2. The number of carboxylic acids is 1. The number of carbonyl (C=O) groups is 2. The Kier molecular flexibility index (Phi) is 4.96. The zero-order chi connectivity index (χ0) is 15.4. The molecule has 1 aliphatic heterocycles. The summed E-state index contributed by atoms with van der Waals surface area (Å²) in [5, 5.41) is 9.00. The van der Waals surface area contributed by atoms with E-state index in [1.54, 1.807) is 6.92 Å². The molecule has 1 heterocycles. The largest absolute Gasteiger partial charge is 0.481 e. The first kappa shape index (κ1) is 15.5. The van der Waals surface area contributed by atoms with E-state index in [0.29, 0.717) is 6.54 Å². The van der Waals surface area contributed by atoms with Gasteiger partial charge in [-0.3, -0.25) is 14.5 Å². The van der Waals surface area contributed by atoms with Crippen LogP contribution in [-0.4, -0.2) is 34.5 Å². The molecule has 0 radical (unpaired) electrons. The Morgan fingerprint density at radius 2 is 2.00 bits per heavy atom. The molecule has 114 valence electrons. The van der Waals surface area contributed by atoms with Crippen LogP contribution < -0.4 is 5.73 Å². The number of nitrogens with zero attached hydrogens (tertiary/aromatic N) is 1. The van der Waals surface area contributed by atoms with Crippen molar-refractivity contribution in [2.24, 2.45) is 5.73 Å². The van der Waals surface area contributed by atoms with Crippen molar-refractivity contribution in [3.05, 3.63) is 35.4 Å². The zero-order valence-electron chi connectivity index (χ0n) is 12.3. The molecule has 1 aliphatic rings. The minimum atomic E-state index is -0.826. The second-order valence-electron chi connectivity index (χ2n) is 5.69. The molecule has 1 amide bonds. The van der Waals surface area contributed by atoms with E-state index in [1.165, 1.54) is 0 Å². The molecule has 0 bridgehead atoms. The van der Waals surface area contributed by atoms with Gasteiger partial charge >= 0.3 is 5.97 Å². The fourth-order valence-corrected chi connectivity index (χ4v) is 2.79. The Bertz CT molecular complexity index is 513. The minimum Gasteiger partial charge on any atom is -0.481 e. The second-order valence-corrected chi connectivity index (χ2v) is 5.69. The number of rotatable bonds is 5. The molecule has 5 heteroatoms. The molecule has 2 rings (SSSR count). The molecule has 1 saturated heterocycles. The fraction of sp³-hybridized carbons (Fsp3) is 0.500. The first-order valence-electron chi connectivity index (χ1n) is 7.34. The SMILES string of the molecule is CC(C(=O)O)c1ccc(CN2CCCCC2C(N)=O)cc1. The van der Waals surface area contributed by atoms with E-state index >= 15 is 0 Å². The van der Waals surface area contributed by atoms with Crippen molar-refractivity contribution in [2.45, 2.75) is 44.7 Å². The fourth-order valence-electron chi connectivity index (χ4n) is 2.79. The maximum Gasteiger partial charge on any atom is 0.310 e. The monoisotopic (exact) mass is 290 g/mol. The molecule has 0 spiro atoms. The molecule has 1 aromatic rings. The summed E-state index contributed by atoms with van der Waals surface area (Å²) in [5.74, 6) is -1.59. The lowest BCUT2D eigenvalue weighted by atomic mass is 9.98. The third kappa shape index (κ3) is 3.82. The lowest BCUT2D eigenvalue weighted by Crippen LogP contribution is -2.47. The maximum atomic E-state index is 11.5. The van der Waals surface area contributed by atoms with Crippen molar-refractivity contribution >= 4 is 11.9 Å². The Morgan fingerprint density at radius 3 is 2.57 bits per heavy atom. The highest BCUT2D eigenvalue weighted by Gasteiger charge is 2.26. The minimum absolute atomic E-state index is 0.184. The highest BCUT2D eigenvalue weighted by Crippen LogP contribution is 2.21. The highest BCUT2D eigenvalue weighted by molar-refractivity contribution is 5.80. The van der Waals surface area contributed by atoms with Crippen LogP contribution in [0.25, 0.3) is 0 Å². The average Bonchev–Trinajstić information content (AvgIpc) is 2.47. The number of primary amides is 1. The molecule has 3 N–H and O–H groups in total. The van der Waals surface area contributed by atoms with Gasteiger partial charge in [0.2, 0.25) is 5.91 Å². The lowest BCUT2D eigenvalue weighted by Gasteiger charge is -2.33. The van der Waals surface area contributed by atoms with Crippen LogP contribution in [-0.2, 0) is 16.1 Å². The Labute approximate surface area is 124 Å². The Morgan fingerprint density at radius 1 is 1.33 bits per heavy atom. The third-order valence-electron chi connectivity index (χ3n) is 4.18. The van der Waals surface area contributed by atoms with Crippen LogP contribution in [0.4, 0.5) is 0 Å². The normalized spacial score (nSPS) is 20.9. The predicted octanol–water partition coefficient (Wildman–Crippen LogP) is 1.71. The van der Waals surface area contributed by atoms with Crippen molar-refractivity contribution in [3.8, 4) is 0 Å². The van der Waals surface area contributed by atoms with Gasteiger partial charge in [0.05, 0.1) is 12.0 Å². The van der Waals surface area contributed by atoms with Crippen molar-refractivity contribution < 1.29 is 14.7 Å². The van der Waals surface area contributed by atoms with E-state index in [0.717, 1.165) is 36.9 Å². The van der Waals surface area contributed by atoms with Gasteiger partial charge in [0.25, 0.3) is 0 Å².